The molecule has 0 saturated carbocycles. The van der Waals surface area contributed by atoms with Gasteiger partial charge in [-0.25, -0.2) is 4.98 Å². The lowest BCUT2D eigenvalue weighted by atomic mass is 9.95. The number of carbonyl (C=O) groups excluding carboxylic acids is 2. The van der Waals surface area contributed by atoms with Crippen LogP contribution in [0.1, 0.15) is 25.3 Å². The summed E-state index contributed by atoms with van der Waals surface area (Å²) in [4.78, 5) is 34.2. The highest BCUT2D eigenvalue weighted by Crippen LogP contribution is 2.33. The molecule has 2 N–H and O–H groups in total. The number of amides is 2. The number of nitrogens with one attached hydrogen (secondary N) is 2. The highest BCUT2D eigenvalue weighted by molar-refractivity contribution is 7.99. The van der Waals surface area contributed by atoms with Crippen LogP contribution in [-0.2, 0) is 9.59 Å². The molecule has 2 heterocycles. The lowest BCUT2D eigenvalue weighted by Gasteiger charge is -2.34. The van der Waals surface area contributed by atoms with E-state index in [4.69, 9.17) is 0 Å². The van der Waals surface area contributed by atoms with Crippen LogP contribution < -0.4 is 10.6 Å². The fraction of sp³-hybridized carbons (Fsp3) is 0.296. The molecule has 3 aromatic rings. The van der Waals surface area contributed by atoms with Crippen LogP contribution in [0.4, 0.5) is 11.5 Å². The predicted octanol–water partition coefficient (Wildman–Crippen LogP) is 5.22. The van der Waals surface area contributed by atoms with E-state index in [0.29, 0.717) is 18.9 Å². The molecule has 2 amide bonds. The quantitative estimate of drug-likeness (QED) is 0.491. The molecule has 0 radical (unpaired) electrons. The van der Waals surface area contributed by atoms with Crippen molar-refractivity contribution < 1.29 is 9.59 Å². The first-order chi connectivity index (χ1) is 16.5. The van der Waals surface area contributed by atoms with Crippen molar-refractivity contribution in [3.63, 3.8) is 0 Å². The number of anilines is 2. The van der Waals surface area contributed by atoms with Crippen LogP contribution in [-0.4, -0.2) is 40.8 Å². The minimum Gasteiger partial charge on any atom is -0.324 e. The van der Waals surface area contributed by atoms with Gasteiger partial charge in [0.05, 0.1) is 11.7 Å². The smallest absolute Gasteiger partial charge is 0.241 e. The average Bonchev–Trinajstić information content (AvgIpc) is 2.87. The number of pyridine rings is 1. The summed E-state index contributed by atoms with van der Waals surface area (Å²) < 4.78 is 0. The van der Waals surface area contributed by atoms with Crippen molar-refractivity contribution in [3.8, 4) is 0 Å². The largest absolute Gasteiger partial charge is 0.324 e. The van der Waals surface area contributed by atoms with Crippen LogP contribution in [0, 0.1) is 12.8 Å². The van der Waals surface area contributed by atoms with Gasteiger partial charge in [-0.05, 0) is 75.7 Å². The summed E-state index contributed by atoms with van der Waals surface area (Å²) in [5.41, 5.74) is 1.87. The Kier molecular flexibility index (Phi) is 7.98. The maximum Gasteiger partial charge on any atom is 0.241 e. The molecule has 1 aliphatic heterocycles. The van der Waals surface area contributed by atoms with Crippen molar-refractivity contribution in [1.29, 1.82) is 0 Å². The van der Waals surface area contributed by atoms with E-state index >= 15 is 0 Å². The third kappa shape index (κ3) is 6.24. The highest BCUT2D eigenvalue weighted by atomic mass is 32.2. The number of nitrogens with zero attached hydrogens (tertiary/aromatic N) is 2. The number of carbonyl (C=O) groups is 2. The van der Waals surface area contributed by atoms with Gasteiger partial charge in [0.2, 0.25) is 11.8 Å². The molecule has 7 heteroatoms. The van der Waals surface area contributed by atoms with Crippen molar-refractivity contribution in [2.24, 2.45) is 5.92 Å². The van der Waals surface area contributed by atoms with Gasteiger partial charge in [0.1, 0.15) is 5.82 Å². The van der Waals surface area contributed by atoms with E-state index in [1.807, 2.05) is 68.4 Å². The molecule has 0 aliphatic carbocycles. The topological polar surface area (TPSA) is 74.3 Å². The first-order valence-electron chi connectivity index (χ1n) is 11.6. The Hall–Kier alpha value is -3.16. The average molecular weight is 475 g/mol. The van der Waals surface area contributed by atoms with Crippen LogP contribution in [0.5, 0.6) is 0 Å². The number of para-hydroxylation sites is 1. The zero-order valence-electron chi connectivity index (χ0n) is 19.5. The molecule has 1 aromatic heterocycles. The van der Waals surface area contributed by atoms with Crippen LogP contribution in [0.25, 0.3) is 0 Å². The molecule has 0 spiro atoms. The van der Waals surface area contributed by atoms with Crippen molar-refractivity contribution in [2.75, 3.05) is 23.7 Å². The molecule has 176 valence electrons. The third-order valence-corrected chi connectivity index (χ3v) is 7.19. The molecule has 1 atom stereocenters. The molecule has 2 aromatic carbocycles. The Morgan fingerprint density at radius 2 is 1.68 bits per heavy atom. The van der Waals surface area contributed by atoms with E-state index in [1.54, 1.807) is 18.0 Å². The van der Waals surface area contributed by atoms with E-state index in [0.717, 1.165) is 33.9 Å². The molecule has 34 heavy (non-hydrogen) atoms. The number of hydrogen-bond acceptors (Lipinski definition) is 5. The van der Waals surface area contributed by atoms with E-state index in [9.17, 15) is 9.59 Å². The Morgan fingerprint density at radius 3 is 2.38 bits per heavy atom. The number of likely N-dealkylation sites (tertiary alicyclic amines) is 1. The molecule has 1 unspecified atom stereocenters. The summed E-state index contributed by atoms with van der Waals surface area (Å²) in [6.45, 7) is 5.30. The fourth-order valence-electron chi connectivity index (χ4n) is 4.00. The maximum absolute atomic E-state index is 13.1. The van der Waals surface area contributed by atoms with Crippen molar-refractivity contribution in [1.82, 2.24) is 9.88 Å². The summed E-state index contributed by atoms with van der Waals surface area (Å²) in [5, 5.41) is 6.02. The number of piperidine rings is 1. The Labute approximate surface area is 205 Å². The molecule has 1 aliphatic rings. The zero-order valence-corrected chi connectivity index (χ0v) is 20.3. The van der Waals surface area contributed by atoms with E-state index in [2.05, 4.69) is 32.7 Å². The summed E-state index contributed by atoms with van der Waals surface area (Å²) >= 11 is 1.63. The van der Waals surface area contributed by atoms with Gasteiger partial charge in [0.25, 0.3) is 0 Å². The molecule has 1 fully saturated rings. The number of rotatable bonds is 7. The minimum atomic E-state index is -0.280. The number of hydrogen-bond donors (Lipinski definition) is 2. The molecule has 0 bridgehead atoms. The van der Waals surface area contributed by atoms with Gasteiger partial charge >= 0.3 is 0 Å². The summed E-state index contributed by atoms with van der Waals surface area (Å²) in [7, 11) is 0. The van der Waals surface area contributed by atoms with Crippen LogP contribution >= 0.6 is 11.8 Å². The SMILES string of the molecule is Cc1ccc(NC(=O)C2CCN(C(C)C(=O)Nc3ccccc3Sc3ccccc3)CC2)nc1. The normalized spacial score (nSPS) is 15.5. The van der Waals surface area contributed by atoms with Crippen LogP contribution in [0.15, 0.2) is 82.7 Å². The van der Waals surface area contributed by atoms with Crippen LogP contribution in [0.3, 0.4) is 0 Å². The van der Waals surface area contributed by atoms with Gasteiger partial charge in [0.15, 0.2) is 0 Å². The van der Waals surface area contributed by atoms with E-state index in [-0.39, 0.29) is 23.8 Å². The molecular formula is C27H30N4O2S. The lowest BCUT2D eigenvalue weighted by molar-refractivity contribution is -0.123. The van der Waals surface area contributed by atoms with E-state index < -0.39 is 0 Å². The van der Waals surface area contributed by atoms with Crippen molar-refractivity contribution >= 4 is 35.1 Å². The zero-order chi connectivity index (χ0) is 23.9. The second-order valence-corrected chi connectivity index (χ2v) is 9.71. The first kappa shape index (κ1) is 24.0. The van der Waals surface area contributed by atoms with Gasteiger partial charge < -0.3 is 10.6 Å². The van der Waals surface area contributed by atoms with Crippen molar-refractivity contribution in [3.05, 3.63) is 78.5 Å². The highest BCUT2D eigenvalue weighted by Gasteiger charge is 2.30. The Balaban J connectivity index is 1.30. The van der Waals surface area contributed by atoms with Gasteiger partial charge in [0, 0.05) is 21.9 Å². The number of aromatic nitrogens is 1. The molecular weight excluding hydrogens is 444 g/mol. The summed E-state index contributed by atoms with van der Waals surface area (Å²) in [5.74, 6) is 0.475. The minimum absolute atomic E-state index is 0.0000261. The molecule has 4 rings (SSSR count). The molecule has 1 saturated heterocycles. The van der Waals surface area contributed by atoms with Gasteiger partial charge in [-0.3, -0.25) is 14.5 Å². The fourth-order valence-corrected chi connectivity index (χ4v) is 4.92. The maximum atomic E-state index is 13.1. The van der Waals surface area contributed by atoms with Gasteiger partial charge in [-0.15, -0.1) is 0 Å². The number of benzene rings is 2. The Bertz CT molecular complexity index is 1110. The second-order valence-electron chi connectivity index (χ2n) is 8.60. The summed E-state index contributed by atoms with van der Waals surface area (Å²) in [6, 6.07) is 21.5. The monoisotopic (exact) mass is 474 g/mol. The first-order valence-corrected chi connectivity index (χ1v) is 12.4. The van der Waals surface area contributed by atoms with Crippen LogP contribution in [0.2, 0.25) is 0 Å². The summed E-state index contributed by atoms with van der Waals surface area (Å²) in [6.07, 6.45) is 3.18. The van der Waals surface area contributed by atoms with Crippen molar-refractivity contribution in [2.45, 2.75) is 42.5 Å². The third-order valence-electron chi connectivity index (χ3n) is 6.11. The second kappa shape index (κ2) is 11.3. The van der Waals surface area contributed by atoms with Gasteiger partial charge in [-0.2, -0.15) is 0 Å². The number of aryl methyl sites for hydroxylation is 1. The lowest BCUT2D eigenvalue weighted by Crippen LogP contribution is -2.47. The predicted molar refractivity (Wildman–Crippen MR) is 137 cm³/mol. The molecule has 6 nitrogen and oxygen atoms in total. The standard InChI is InChI=1S/C27H30N4O2S/c1-19-12-13-25(28-18-19)30-27(33)21-14-16-31(17-15-21)20(2)26(32)29-23-10-6-7-11-24(23)34-22-8-4-3-5-9-22/h3-13,18,20-21H,14-17H2,1-2H3,(H,29,32)(H,28,30,33). The van der Waals surface area contributed by atoms with E-state index in [1.165, 1.54) is 0 Å². The van der Waals surface area contributed by atoms with Gasteiger partial charge in [-0.1, -0.05) is 48.2 Å². The Morgan fingerprint density at radius 1 is 0.971 bits per heavy atom.